The minimum absolute atomic E-state index is 0.0590. The fourth-order valence-electron chi connectivity index (χ4n) is 7.82. The second-order valence-corrected chi connectivity index (χ2v) is 17.6. The molecule has 0 aliphatic carbocycles. The number of unbranched alkanes of at least 4 members (excludes halogenated alkanes) is 36. The fourth-order valence-corrected chi connectivity index (χ4v) is 7.82. The van der Waals surface area contributed by atoms with E-state index in [-0.39, 0.29) is 25.2 Å². The van der Waals surface area contributed by atoms with E-state index in [0.717, 1.165) is 38.5 Å². The van der Waals surface area contributed by atoms with Crippen LogP contribution in [0, 0.1) is 0 Å². The van der Waals surface area contributed by atoms with Gasteiger partial charge >= 0.3 is 11.9 Å². The molecule has 0 radical (unpaired) electrons. The lowest BCUT2D eigenvalue weighted by Crippen LogP contribution is -2.28. The summed E-state index contributed by atoms with van der Waals surface area (Å²) in [7, 11) is 0. The molecule has 342 valence electrons. The Kier molecular flexibility index (Phi) is 48.4. The van der Waals surface area contributed by atoms with Crippen LogP contribution in [0.2, 0.25) is 0 Å². The van der Waals surface area contributed by atoms with Crippen molar-refractivity contribution in [2.45, 2.75) is 290 Å². The number of ether oxygens (including phenoxy) is 2. The van der Waals surface area contributed by atoms with Crippen molar-refractivity contribution >= 4 is 11.9 Å². The van der Waals surface area contributed by atoms with Crippen molar-refractivity contribution in [2.75, 3.05) is 13.2 Å². The second kappa shape index (κ2) is 49.7. The Bertz CT molecular complexity index is 882. The Balaban J connectivity index is 3.40. The molecule has 1 atom stereocenters. The van der Waals surface area contributed by atoms with Gasteiger partial charge in [-0.25, -0.2) is 0 Å². The number of rotatable bonds is 48. The van der Waals surface area contributed by atoms with E-state index in [1.54, 1.807) is 0 Å². The molecular weight excluding hydrogens is 717 g/mol. The molecule has 0 fully saturated rings. The molecule has 0 saturated heterocycles. The molecule has 0 amide bonds. The molecular formula is C53H100O5. The number of aliphatic hydroxyl groups excluding tert-OH is 1. The molecule has 0 aromatic heterocycles. The van der Waals surface area contributed by atoms with E-state index in [4.69, 9.17) is 9.47 Å². The van der Waals surface area contributed by atoms with Crippen molar-refractivity contribution in [1.29, 1.82) is 0 Å². The first-order chi connectivity index (χ1) is 28.6. The summed E-state index contributed by atoms with van der Waals surface area (Å²) < 4.78 is 10.7. The first-order valence-electron chi connectivity index (χ1n) is 25.9. The Hall–Kier alpha value is -1.62. The monoisotopic (exact) mass is 817 g/mol. The van der Waals surface area contributed by atoms with E-state index in [2.05, 4.69) is 38.2 Å². The van der Waals surface area contributed by atoms with Crippen LogP contribution in [0.25, 0.3) is 0 Å². The fraction of sp³-hybridized carbons (Fsp3) is 0.887. The van der Waals surface area contributed by atoms with Crippen LogP contribution in [0.5, 0.6) is 0 Å². The molecule has 5 nitrogen and oxygen atoms in total. The summed E-state index contributed by atoms with van der Waals surface area (Å²) in [6.45, 7) is 4.16. The molecule has 58 heavy (non-hydrogen) atoms. The predicted octanol–water partition coefficient (Wildman–Crippen LogP) is 17.0. The van der Waals surface area contributed by atoms with Gasteiger partial charge in [-0.3, -0.25) is 9.59 Å². The summed E-state index contributed by atoms with van der Waals surface area (Å²) in [6.07, 6.45) is 61.4. The lowest BCUT2D eigenvalue weighted by molar-refractivity contribution is -0.161. The van der Waals surface area contributed by atoms with Crippen LogP contribution in [0.15, 0.2) is 24.3 Å². The average molecular weight is 817 g/mol. The first-order valence-corrected chi connectivity index (χ1v) is 25.9. The standard InChI is InChI=1S/C53H100O5/c1-3-5-7-9-11-13-15-17-18-19-20-21-22-23-24-25-26-27-28-29-30-31-32-33-34-36-38-40-42-44-46-48-53(56)58-51(49-54)50-57-52(55)47-45-43-41-39-37-35-16-14-12-10-8-6-4-2/h15,17,19-20,51,54H,3-14,16,18,21-50H2,1-2H3/b17-15-,20-19-. The summed E-state index contributed by atoms with van der Waals surface area (Å²) in [6, 6.07) is 0. The van der Waals surface area contributed by atoms with Crippen LogP contribution in [-0.2, 0) is 19.1 Å². The highest BCUT2D eigenvalue weighted by Crippen LogP contribution is 2.17. The molecule has 0 heterocycles. The van der Waals surface area contributed by atoms with Gasteiger partial charge in [-0.1, -0.05) is 250 Å². The zero-order valence-electron chi connectivity index (χ0n) is 39.1. The normalized spacial score (nSPS) is 12.3. The summed E-state index contributed by atoms with van der Waals surface area (Å²) in [5, 5.41) is 9.60. The van der Waals surface area contributed by atoms with Crippen LogP contribution in [0.1, 0.15) is 284 Å². The number of hydrogen-bond donors (Lipinski definition) is 1. The maximum Gasteiger partial charge on any atom is 0.306 e. The topological polar surface area (TPSA) is 72.8 Å². The average Bonchev–Trinajstić information content (AvgIpc) is 3.23. The number of aliphatic hydroxyl groups is 1. The molecule has 1 N–H and O–H groups in total. The van der Waals surface area contributed by atoms with Crippen molar-refractivity contribution in [2.24, 2.45) is 0 Å². The van der Waals surface area contributed by atoms with Gasteiger partial charge in [0.25, 0.3) is 0 Å². The number of allylic oxidation sites excluding steroid dienone is 4. The predicted molar refractivity (Wildman–Crippen MR) is 251 cm³/mol. The lowest BCUT2D eigenvalue weighted by Gasteiger charge is -2.15. The third kappa shape index (κ3) is 47.1. The van der Waals surface area contributed by atoms with Crippen molar-refractivity contribution in [1.82, 2.24) is 0 Å². The maximum absolute atomic E-state index is 12.3. The number of hydrogen-bond acceptors (Lipinski definition) is 5. The van der Waals surface area contributed by atoms with Crippen LogP contribution < -0.4 is 0 Å². The summed E-state index contributed by atoms with van der Waals surface area (Å²) in [5.41, 5.74) is 0. The summed E-state index contributed by atoms with van der Waals surface area (Å²) >= 11 is 0. The largest absolute Gasteiger partial charge is 0.462 e. The molecule has 0 aliphatic rings. The van der Waals surface area contributed by atoms with E-state index in [0.29, 0.717) is 12.8 Å². The Labute approximate surface area is 362 Å². The van der Waals surface area contributed by atoms with Gasteiger partial charge in [-0.15, -0.1) is 0 Å². The molecule has 0 spiro atoms. The molecule has 5 heteroatoms. The Morgan fingerprint density at radius 2 is 0.690 bits per heavy atom. The highest BCUT2D eigenvalue weighted by atomic mass is 16.6. The SMILES string of the molecule is CCCCCCC/C=C\C/C=C\CCCCCCCCCCCCCCCCCCCCCC(=O)OC(CO)COC(=O)CCCCCCCCCCCCCCC. The summed E-state index contributed by atoms with van der Waals surface area (Å²) in [5.74, 6) is -0.574. The van der Waals surface area contributed by atoms with Gasteiger partial charge in [-0.05, 0) is 44.9 Å². The highest BCUT2D eigenvalue weighted by Gasteiger charge is 2.16. The zero-order chi connectivity index (χ0) is 42.1. The van der Waals surface area contributed by atoms with Gasteiger partial charge in [-0.2, -0.15) is 0 Å². The lowest BCUT2D eigenvalue weighted by atomic mass is 10.0. The minimum atomic E-state index is -0.765. The van der Waals surface area contributed by atoms with Gasteiger partial charge in [0.05, 0.1) is 6.61 Å². The van der Waals surface area contributed by atoms with Gasteiger partial charge in [0.15, 0.2) is 6.10 Å². The number of esters is 2. The highest BCUT2D eigenvalue weighted by molar-refractivity contribution is 5.70. The molecule has 0 bridgehead atoms. The molecule has 0 rings (SSSR count). The van der Waals surface area contributed by atoms with Crippen LogP contribution >= 0.6 is 0 Å². The quantitative estimate of drug-likeness (QED) is 0.0376. The molecule has 0 aliphatic heterocycles. The molecule has 0 saturated carbocycles. The van der Waals surface area contributed by atoms with E-state index >= 15 is 0 Å². The van der Waals surface area contributed by atoms with E-state index in [1.165, 1.54) is 218 Å². The van der Waals surface area contributed by atoms with Crippen molar-refractivity contribution in [3.63, 3.8) is 0 Å². The smallest absolute Gasteiger partial charge is 0.306 e. The molecule has 0 aromatic rings. The Morgan fingerprint density at radius 3 is 1.02 bits per heavy atom. The van der Waals surface area contributed by atoms with E-state index in [9.17, 15) is 14.7 Å². The minimum Gasteiger partial charge on any atom is -0.462 e. The van der Waals surface area contributed by atoms with E-state index < -0.39 is 6.10 Å². The third-order valence-electron chi connectivity index (χ3n) is 11.7. The zero-order valence-corrected chi connectivity index (χ0v) is 39.1. The van der Waals surface area contributed by atoms with Gasteiger partial charge < -0.3 is 14.6 Å². The first kappa shape index (κ1) is 56.4. The number of carbonyl (C=O) groups is 2. The van der Waals surface area contributed by atoms with Crippen LogP contribution in [0.3, 0.4) is 0 Å². The van der Waals surface area contributed by atoms with Crippen molar-refractivity contribution < 1.29 is 24.2 Å². The molecule has 1 unspecified atom stereocenters. The van der Waals surface area contributed by atoms with Crippen LogP contribution in [0.4, 0.5) is 0 Å². The Morgan fingerprint density at radius 1 is 0.397 bits per heavy atom. The summed E-state index contributed by atoms with van der Waals surface area (Å²) in [4.78, 5) is 24.4. The second-order valence-electron chi connectivity index (χ2n) is 17.6. The van der Waals surface area contributed by atoms with Gasteiger partial charge in [0.2, 0.25) is 0 Å². The maximum atomic E-state index is 12.3. The van der Waals surface area contributed by atoms with Crippen LogP contribution in [-0.4, -0.2) is 36.4 Å². The van der Waals surface area contributed by atoms with Crippen molar-refractivity contribution in [3.05, 3.63) is 24.3 Å². The third-order valence-corrected chi connectivity index (χ3v) is 11.7. The van der Waals surface area contributed by atoms with Gasteiger partial charge in [0, 0.05) is 12.8 Å². The van der Waals surface area contributed by atoms with E-state index in [1.807, 2.05) is 0 Å². The molecule has 0 aromatic carbocycles. The number of carbonyl (C=O) groups excluding carboxylic acids is 2. The van der Waals surface area contributed by atoms with Crippen molar-refractivity contribution in [3.8, 4) is 0 Å². The van der Waals surface area contributed by atoms with Gasteiger partial charge in [0.1, 0.15) is 6.61 Å².